The molecule has 0 spiro atoms. The zero-order valence-corrected chi connectivity index (χ0v) is 19.1. The minimum Gasteiger partial charge on any atom is -0.467 e. The number of carbonyl (C=O) groups excluding carboxylic acids is 4. The van der Waals surface area contributed by atoms with Crippen molar-refractivity contribution in [1.29, 1.82) is 0 Å². The highest BCUT2D eigenvalue weighted by molar-refractivity contribution is 5.77. The molecule has 1 aromatic rings. The second kappa shape index (κ2) is 12.0. The van der Waals surface area contributed by atoms with Gasteiger partial charge in [-0.25, -0.2) is 4.79 Å². The van der Waals surface area contributed by atoms with E-state index in [1.165, 1.54) is 12.1 Å². The predicted molar refractivity (Wildman–Crippen MR) is 115 cm³/mol. The van der Waals surface area contributed by atoms with Crippen molar-refractivity contribution in [2.75, 3.05) is 19.5 Å². The molecule has 34 heavy (non-hydrogen) atoms. The summed E-state index contributed by atoms with van der Waals surface area (Å²) in [4.78, 5) is 47.8. The molecular weight excluding hydrogens is 454 g/mol. The lowest BCUT2D eigenvalue weighted by Crippen LogP contribution is -2.64. The van der Waals surface area contributed by atoms with E-state index in [1.807, 2.05) is 0 Å². The van der Waals surface area contributed by atoms with Crippen LogP contribution in [0.1, 0.15) is 26.3 Å². The molecule has 2 rings (SSSR count). The van der Waals surface area contributed by atoms with Gasteiger partial charge in [0.05, 0.1) is 19.4 Å². The van der Waals surface area contributed by atoms with E-state index in [4.69, 9.17) is 39.3 Å². The third-order valence-electron chi connectivity index (χ3n) is 4.53. The number of anilines is 1. The van der Waals surface area contributed by atoms with Crippen LogP contribution in [0.4, 0.5) is 5.69 Å². The van der Waals surface area contributed by atoms with Crippen LogP contribution in [0.2, 0.25) is 0 Å². The van der Waals surface area contributed by atoms with E-state index in [2.05, 4.69) is 0 Å². The molecule has 0 aromatic heterocycles. The van der Waals surface area contributed by atoms with Gasteiger partial charge >= 0.3 is 23.9 Å². The maximum absolute atomic E-state index is 12.4. The van der Waals surface area contributed by atoms with Crippen LogP contribution < -0.4 is 10.5 Å². The number of aliphatic hydroxyl groups is 1. The molecule has 12 heteroatoms. The Hall–Kier alpha value is -3.64. The maximum Gasteiger partial charge on any atom is 0.339 e. The first-order chi connectivity index (χ1) is 16.1. The second-order valence-corrected chi connectivity index (χ2v) is 7.17. The summed E-state index contributed by atoms with van der Waals surface area (Å²) in [6, 6.07) is 4.67. The number of aliphatic hydroxyl groups excluding tert-OH is 1. The van der Waals surface area contributed by atoms with Crippen molar-refractivity contribution in [3.05, 3.63) is 29.8 Å². The van der Waals surface area contributed by atoms with Gasteiger partial charge < -0.3 is 39.3 Å². The molecule has 1 aliphatic rings. The standard InChI is InChI=1S/C22H27NO11/c1-11(25)30-17-18(31-12(2)26)20(32-13(3)27)22(34-19(17)21(28)29-4)33-16-8-7-14(6-5-9-24)10-15(16)23/h5-8,10,17-20,22,24H,9,23H2,1-4H3/b6-5+. The number of nitrogens with two attached hydrogens (primary N) is 1. The zero-order chi connectivity index (χ0) is 25.4. The lowest BCUT2D eigenvalue weighted by molar-refractivity contribution is -0.282. The number of rotatable bonds is 8. The van der Waals surface area contributed by atoms with Crippen LogP contribution in [-0.2, 0) is 42.9 Å². The molecule has 12 nitrogen and oxygen atoms in total. The molecule has 186 valence electrons. The second-order valence-electron chi connectivity index (χ2n) is 7.17. The number of methoxy groups -OCH3 is 1. The van der Waals surface area contributed by atoms with Crippen LogP contribution in [-0.4, -0.2) is 73.4 Å². The van der Waals surface area contributed by atoms with Crippen molar-refractivity contribution in [3.63, 3.8) is 0 Å². The van der Waals surface area contributed by atoms with Crippen LogP contribution in [0, 0.1) is 0 Å². The van der Waals surface area contributed by atoms with Crippen LogP contribution in [0.5, 0.6) is 5.75 Å². The van der Waals surface area contributed by atoms with Crippen molar-refractivity contribution < 1.29 is 52.7 Å². The van der Waals surface area contributed by atoms with Crippen LogP contribution >= 0.6 is 0 Å². The minimum atomic E-state index is -1.58. The Morgan fingerprint density at radius 1 is 1.00 bits per heavy atom. The molecule has 1 aliphatic heterocycles. The average molecular weight is 481 g/mol. The fraction of sp³-hybridized carbons (Fsp3) is 0.455. The highest BCUT2D eigenvalue weighted by Crippen LogP contribution is 2.33. The molecule has 0 saturated carbocycles. The Morgan fingerprint density at radius 3 is 2.12 bits per heavy atom. The summed E-state index contributed by atoms with van der Waals surface area (Å²) in [7, 11) is 1.09. The molecule has 1 saturated heterocycles. The predicted octanol–water partition coefficient (Wildman–Crippen LogP) is 0.346. The van der Waals surface area contributed by atoms with Crippen LogP contribution in [0.3, 0.4) is 0 Å². The summed E-state index contributed by atoms with van der Waals surface area (Å²) in [6.07, 6.45) is -4.36. The molecule has 3 N–H and O–H groups in total. The topological polar surface area (TPSA) is 170 Å². The smallest absolute Gasteiger partial charge is 0.339 e. The Kier molecular flexibility index (Phi) is 9.39. The van der Waals surface area contributed by atoms with Crippen LogP contribution in [0.25, 0.3) is 6.08 Å². The number of hydrogen-bond donors (Lipinski definition) is 2. The summed E-state index contributed by atoms with van der Waals surface area (Å²) < 4.78 is 32.0. The first-order valence-electron chi connectivity index (χ1n) is 10.2. The summed E-state index contributed by atoms with van der Waals surface area (Å²) in [6.45, 7) is 3.11. The molecule has 1 heterocycles. The van der Waals surface area contributed by atoms with Crippen molar-refractivity contribution in [2.24, 2.45) is 0 Å². The highest BCUT2D eigenvalue weighted by Gasteiger charge is 2.55. The van der Waals surface area contributed by atoms with Crippen molar-refractivity contribution in [3.8, 4) is 5.75 Å². The van der Waals surface area contributed by atoms with Gasteiger partial charge in [0.15, 0.2) is 18.3 Å². The molecule has 5 atom stereocenters. The van der Waals surface area contributed by atoms with E-state index < -0.39 is 54.6 Å². The molecular formula is C22H27NO11. The first-order valence-corrected chi connectivity index (χ1v) is 10.2. The molecule has 0 radical (unpaired) electrons. The largest absolute Gasteiger partial charge is 0.467 e. The lowest BCUT2D eigenvalue weighted by atomic mass is 9.97. The van der Waals surface area contributed by atoms with Gasteiger partial charge in [-0.2, -0.15) is 0 Å². The molecule has 0 aliphatic carbocycles. The van der Waals surface area contributed by atoms with Gasteiger partial charge in [0.2, 0.25) is 12.4 Å². The van der Waals surface area contributed by atoms with Gasteiger partial charge in [0.1, 0.15) is 5.75 Å². The third-order valence-corrected chi connectivity index (χ3v) is 4.53. The summed E-state index contributed by atoms with van der Waals surface area (Å²) >= 11 is 0. The van der Waals surface area contributed by atoms with Gasteiger partial charge in [-0.3, -0.25) is 14.4 Å². The van der Waals surface area contributed by atoms with Gasteiger partial charge in [-0.15, -0.1) is 0 Å². The number of nitrogen functional groups attached to an aromatic ring is 1. The zero-order valence-electron chi connectivity index (χ0n) is 19.1. The minimum absolute atomic E-state index is 0.0967. The Morgan fingerprint density at radius 2 is 1.59 bits per heavy atom. The van der Waals surface area contributed by atoms with Gasteiger partial charge in [0.25, 0.3) is 0 Å². The summed E-state index contributed by atoms with van der Waals surface area (Å²) in [5.74, 6) is -3.25. The molecule has 0 amide bonds. The van der Waals surface area contributed by atoms with E-state index in [1.54, 1.807) is 18.2 Å². The summed E-state index contributed by atoms with van der Waals surface area (Å²) in [5, 5.41) is 8.92. The normalized spacial score (nSPS) is 24.2. The number of ether oxygens (including phenoxy) is 6. The molecule has 1 fully saturated rings. The molecule has 1 aromatic carbocycles. The molecule has 5 unspecified atom stereocenters. The van der Waals surface area contributed by atoms with Crippen LogP contribution in [0.15, 0.2) is 24.3 Å². The Balaban J connectivity index is 2.49. The quantitative estimate of drug-likeness (QED) is 0.297. The average Bonchev–Trinajstić information content (AvgIpc) is 2.76. The van der Waals surface area contributed by atoms with E-state index >= 15 is 0 Å². The number of carbonyl (C=O) groups is 4. The van der Waals surface area contributed by atoms with Gasteiger partial charge in [-0.05, 0) is 17.7 Å². The van der Waals surface area contributed by atoms with Gasteiger partial charge in [0, 0.05) is 20.8 Å². The fourth-order valence-electron chi connectivity index (χ4n) is 3.27. The van der Waals surface area contributed by atoms with Gasteiger partial charge in [-0.1, -0.05) is 18.2 Å². The molecule has 0 bridgehead atoms. The van der Waals surface area contributed by atoms with E-state index in [9.17, 15) is 19.2 Å². The lowest BCUT2D eigenvalue weighted by Gasteiger charge is -2.43. The Bertz CT molecular complexity index is 945. The van der Waals surface area contributed by atoms with E-state index in [-0.39, 0.29) is 18.0 Å². The van der Waals surface area contributed by atoms with Crippen molar-refractivity contribution >= 4 is 35.6 Å². The highest BCUT2D eigenvalue weighted by atomic mass is 16.7. The number of esters is 4. The first kappa shape index (κ1) is 26.6. The third kappa shape index (κ3) is 6.93. The summed E-state index contributed by atoms with van der Waals surface area (Å²) in [5.41, 5.74) is 6.88. The SMILES string of the molecule is COC(=O)C1OC(Oc2ccc(/C=C/CO)cc2N)C(OC(C)=O)C(OC(C)=O)C1OC(C)=O. The van der Waals surface area contributed by atoms with Crippen molar-refractivity contribution in [2.45, 2.75) is 51.5 Å². The maximum atomic E-state index is 12.4. The van der Waals surface area contributed by atoms with E-state index in [0.29, 0.717) is 5.56 Å². The monoisotopic (exact) mass is 481 g/mol. The van der Waals surface area contributed by atoms with Crippen molar-refractivity contribution in [1.82, 2.24) is 0 Å². The Labute approximate surface area is 195 Å². The number of hydrogen-bond acceptors (Lipinski definition) is 12. The van der Waals surface area contributed by atoms with E-state index in [0.717, 1.165) is 27.9 Å². The number of benzene rings is 1. The fourth-order valence-corrected chi connectivity index (χ4v) is 3.27.